The molecule has 0 N–H and O–H groups in total. The molecule has 0 amide bonds. The molecule has 0 radical (unpaired) electrons. The summed E-state index contributed by atoms with van der Waals surface area (Å²) in [6.07, 6.45) is 4.31. The normalized spacial score (nSPS) is 12.8. The molecule has 0 spiro atoms. The van der Waals surface area contributed by atoms with Gasteiger partial charge < -0.3 is 0 Å². The number of rotatable bonds is 4. The first kappa shape index (κ1) is 10.3. The number of Topliss-reactive ketones (excluding diaryl/α,β-unsaturated/α-hetero) is 1. The van der Waals surface area contributed by atoms with Crippen LogP contribution in [0.5, 0.6) is 0 Å². The Hall–Kier alpha value is -0.830. The van der Waals surface area contributed by atoms with Crippen molar-refractivity contribution >= 4 is 17.4 Å². The van der Waals surface area contributed by atoms with Crippen molar-refractivity contribution < 1.29 is 4.79 Å². The highest BCUT2D eigenvalue weighted by atomic mass is 35.5. The zero-order valence-corrected chi connectivity index (χ0v) is 8.58. The Kier molecular flexibility index (Phi) is 3.48. The van der Waals surface area contributed by atoms with Gasteiger partial charge in [0.15, 0.2) is 5.78 Å². The average Bonchev–Trinajstić information content (AvgIpc) is 2.64. The van der Waals surface area contributed by atoms with Crippen molar-refractivity contribution in [1.29, 1.82) is 0 Å². The van der Waals surface area contributed by atoms with E-state index in [2.05, 4.69) is 18.9 Å². The van der Waals surface area contributed by atoms with Gasteiger partial charge in [-0.1, -0.05) is 6.92 Å². The Bertz CT molecular complexity index is 296. The summed E-state index contributed by atoms with van der Waals surface area (Å²) < 4.78 is 1.79. The number of hydrogen-bond acceptors (Lipinski definition) is 2. The summed E-state index contributed by atoms with van der Waals surface area (Å²) in [4.78, 5) is 11.2. The highest BCUT2D eigenvalue weighted by Crippen LogP contribution is 2.10. The predicted molar refractivity (Wildman–Crippen MR) is 52.3 cm³/mol. The second-order valence-electron chi connectivity index (χ2n) is 3.02. The molecule has 13 heavy (non-hydrogen) atoms. The second kappa shape index (κ2) is 4.42. The van der Waals surface area contributed by atoms with Gasteiger partial charge in [-0.05, 0) is 13.3 Å². The lowest BCUT2D eigenvalue weighted by Crippen LogP contribution is -2.04. The molecule has 1 aromatic heterocycles. The SMILES string of the molecule is CC[C@H](C)n1cc(C(=O)CCl)cn1. The molecule has 1 rings (SSSR count). The number of carbonyl (C=O) groups is 1. The van der Waals surface area contributed by atoms with Crippen molar-refractivity contribution in [2.45, 2.75) is 26.3 Å². The van der Waals surface area contributed by atoms with Crippen LogP contribution in [0, 0.1) is 0 Å². The number of halogens is 1. The maximum atomic E-state index is 11.2. The molecule has 0 aliphatic heterocycles. The van der Waals surface area contributed by atoms with Gasteiger partial charge in [0.2, 0.25) is 0 Å². The van der Waals surface area contributed by atoms with Crippen LogP contribution in [0.2, 0.25) is 0 Å². The van der Waals surface area contributed by atoms with E-state index in [9.17, 15) is 4.79 Å². The maximum Gasteiger partial charge on any atom is 0.180 e. The van der Waals surface area contributed by atoms with E-state index in [0.29, 0.717) is 11.6 Å². The van der Waals surface area contributed by atoms with Gasteiger partial charge in [-0.2, -0.15) is 5.10 Å². The molecular formula is C9H13ClN2O. The van der Waals surface area contributed by atoms with Crippen LogP contribution >= 0.6 is 11.6 Å². The van der Waals surface area contributed by atoms with Gasteiger partial charge in [0, 0.05) is 12.2 Å². The first-order chi connectivity index (χ1) is 6.19. The zero-order chi connectivity index (χ0) is 9.84. The Morgan fingerprint density at radius 3 is 3.00 bits per heavy atom. The summed E-state index contributed by atoms with van der Waals surface area (Å²) in [7, 11) is 0. The van der Waals surface area contributed by atoms with Crippen LogP contribution in [0.4, 0.5) is 0 Å². The summed E-state index contributed by atoms with van der Waals surface area (Å²) in [5, 5.41) is 4.09. The number of nitrogens with zero attached hydrogens (tertiary/aromatic N) is 2. The van der Waals surface area contributed by atoms with Crippen LogP contribution in [-0.2, 0) is 0 Å². The minimum absolute atomic E-state index is 0.0200. The molecule has 0 aliphatic carbocycles. The van der Waals surface area contributed by atoms with E-state index in [0.717, 1.165) is 6.42 Å². The predicted octanol–water partition coefficient (Wildman–Crippen LogP) is 2.28. The molecule has 0 aliphatic rings. The molecule has 4 heteroatoms. The molecule has 1 heterocycles. The summed E-state index contributed by atoms with van der Waals surface area (Å²) >= 11 is 5.42. The van der Waals surface area contributed by atoms with E-state index in [1.807, 2.05) is 0 Å². The molecule has 0 fully saturated rings. The third kappa shape index (κ3) is 2.31. The maximum absolute atomic E-state index is 11.2. The van der Waals surface area contributed by atoms with Crippen molar-refractivity contribution in [2.75, 3.05) is 5.88 Å². The molecule has 1 aromatic rings. The van der Waals surface area contributed by atoms with Crippen LogP contribution in [0.15, 0.2) is 12.4 Å². The lowest BCUT2D eigenvalue weighted by molar-refractivity contribution is 0.102. The Labute approximate surface area is 82.7 Å². The Balaban J connectivity index is 2.80. The standard InChI is InChI=1S/C9H13ClN2O/c1-3-7(2)12-6-8(5-11-12)9(13)4-10/h5-7H,3-4H2,1-2H3/t7-/m0/s1. The summed E-state index contributed by atoms with van der Waals surface area (Å²) in [6.45, 7) is 4.14. The topological polar surface area (TPSA) is 34.9 Å². The van der Waals surface area contributed by atoms with E-state index in [1.165, 1.54) is 0 Å². The number of ketones is 1. The van der Waals surface area contributed by atoms with Crippen LogP contribution in [0.1, 0.15) is 36.7 Å². The van der Waals surface area contributed by atoms with Crippen LogP contribution in [0.25, 0.3) is 0 Å². The van der Waals surface area contributed by atoms with Gasteiger partial charge in [-0.3, -0.25) is 9.48 Å². The van der Waals surface area contributed by atoms with Crippen molar-refractivity contribution in [3.8, 4) is 0 Å². The fraction of sp³-hybridized carbons (Fsp3) is 0.556. The van der Waals surface area contributed by atoms with E-state index in [4.69, 9.17) is 11.6 Å². The van der Waals surface area contributed by atoms with Gasteiger partial charge in [-0.25, -0.2) is 0 Å². The molecule has 0 unspecified atom stereocenters. The highest BCUT2D eigenvalue weighted by Gasteiger charge is 2.09. The lowest BCUT2D eigenvalue weighted by Gasteiger charge is -2.07. The van der Waals surface area contributed by atoms with Crippen molar-refractivity contribution in [3.63, 3.8) is 0 Å². The minimum atomic E-state index is -0.0729. The van der Waals surface area contributed by atoms with E-state index in [1.54, 1.807) is 17.1 Å². The number of aromatic nitrogens is 2. The van der Waals surface area contributed by atoms with Crippen LogP contribution in [0.3, 0.4) is 0 Å². The lowest BCUT2D eigenvalue weighted by atomic mass is 10.2. The van der Waals surface area contributed by atoms with E-state index in [-0.39, 0.29) is 11.7 Å². The van der Waals surface area contributed by atoms with Crippen molar-refractivity contribution in [2.24, 2.45) is 0 Å². The quantitative estimate of drug-likeness (QED) is 0.552. The largest absolute Gasteiger partial charge is 0.293 e. The number of hydrogen-bond donors (Lipinski definition) is 0. The first-order valence-electron chi connectivity index (χ1n) is 4.32. The van der Waals surface area contributed by atoms with Gasteiger partial charge in [0.25, 0.3) is 0 Å². The highest BCUT2D eigenvalue weighted by molar-refractivity contribution is 6.30. The number of carbonyl (C=O) groups excluding carboxylic acids is 1. The Morgan fingerprint density at radius 1 is 1.77 bits per heavy atom. The Morgan fingerprint density at radius 2 is 2.46 bits per heavy atom. The third-order valence-corrected chi connectivity index (χ3v) is 2.33. The number of alkyl halides is 1. The smallest absolute Gasteiger partial charge is 0.180 e. The van der Waals surface area contributed by atoms with Crippen molar-refractivity contribution in [1.82, 2.24) is 9.78 Å². The molecule has 3 nitrogen and oxygen atoms in total. The average molecular weight is 201 g/mol. The molecule has 0 bridgehead atoms. The first-order valence-corrected chi connectivity index (χ1v) is 4.85. The van der Waals surface area contributed by atoms with E-state index < -0.39 is 0 Å². The summed E-state index contributed by atoms with van der Waals surface area (Å²) in [5.74, 6) is -0.0529. The van der Waals surface area contributed by atoms with E-state index >= 15 is 0 Å². The summed E-state index contributed by atoms with van der Waals surface area (Å²) in [6, 6.07) is 0.330. The van der Waals surface area contributed by atoms with Gasteiger partial charge >= 0.3 is 0 Å². The minimum Gasteiger partial charge on any atom is -0.293 e. The third-order valence-electron chi connectivity index (χ3n) is 2.09. The fourth-order valence-electron chi connectivity index (χ4n) is 0.987. The van der Waals surface area contributed by atoms with Gasteiger partial charge in [0.1, 0.15) is 0 Å². The van der Waals surface area contributed by atoms with Gasteiger partial charge in [0.05, 0.1) is 17.6 Å². The second-order valence-corrected chi connectivity index (χ2v) is 3.29. The van der Waals surface area contributed by atoms with Crippen LogP contribution in [-0.4, -0.2) is 21.4 Å². The molecular weight excluding hydrogens is 188 g/mol. The molecule has 0 saturated carbocycles. The van der Waals surface area contributed by atoms with Crippen molar-refractivity contribution in [3.05, 3.63) is 18.0 Å². The van der Waals surface area contributed by atoms with Crippen LogP contribution < -0.4 is 0 Å². The van der Waals surface area contributed by atoms with Gasteiger partial charge in [-0.15, -0.1) is 11.6 Å². The monoisotopic (exact) mass is 200 g/mol. The molecule has 0 aromatic carbocycles. The molecule has 0 saturated heterocycles. The molecule has 72 valence electrons. The molecule has 1 atom stereocenters. The summed E-state index contributed by atoms with van der Waals surface area (Å²) in [5.41, 5.74) is 0.593. The zero-order valence-electron chi connectivity index (χ0n) is 7.83. The fourth-order valence-corrected chi connectivity index (χ4v) is 1.14.